The van der Waals surface area contributed by atoms with Gasteiger partial charge in [-0.1, -0.05) is 86.5 Å². The number of hydrogen-bond donors (Lipinski definition) is 0. The van der Waals surface area contributed by atoms with Gasteiger partial charge in [0.2, 0.25) is 0 Å². The van der Waals surface area contributed by atoms with Gasteiger partial charge in [0, 0.05) is 0 Å². The summed E-state index contributed by atoms with van der Waals surface area (Å²) < 4.78 is 0. The van der Waals surface area contributed by atoms with Gasteiger partial charge in [0.05, 0.1) is 0 Å². The SMILES string of the molecule is CCC(CCCC(C)C)CCCC(C)(C)CC. The van der Waals surface area contributed by atoms with Crippen LogP contribution in [0.2, 0.25) is 0 Å². The predicted molar refractivity (Wildman–Crippen MR) is 80.4 cm³/mol. The minimum atomic E-state index is 0.566. The van der Waals surface area contributed by atoms with Gasteiger partial charge in [0.25, 0.3) is 0 Å². The first-order valence-electron chi connectivity index (χ1n) is 7.91. The Bertz CT molecular complexity index is 167. The molecule has 0 saturated heterocycles. The van der Waals surface area contributed by atoms with Gasteiger partial charge in [-0.2, -0.15) is 0 Å². The average Bonchev–Trinajstić information content (AvgIpc) is 2.26. The summed E-state index contributed by atoms with van der Waals surface area (Å²) in [5, 5.41) is 0. The van der Waals surface area contributed by atoms with Crippen molar-refractivity contribution in [2.45, 2.75) is 92.9 Å². The zero-order chi connectivity index (χ0) is 13.3. The molecule has 0 rings (SSSR count). The van der Waals surface area contributed by atoms with Gasteiger partial charge < -0.3 is 0 Å². The van der Waals surface area contributed by atoms with Gasteiger partial charge in [0.15, 0.2) is 0 Å². The molecule has 0 bridgehead atoms. The van der Waals surface area contributed by atoms with E-state index in [9.17, 15) is 0 Å². The maximum absolute atomic E-state index is 2.41. The molecule has 0 aromatic rings. The molecule has 0 aromatic heterocycles. The second-order valence-electron chi connectivity index (χ2n) is 7.01. The molecule has 1 atom stereocenters. The van der Waals surface area contributed by atoms with Crippen molar-refractivity contribution < 1.29 is 0 Å². The Morgan fingerprint density at radius 2 is 1.47 bits per heavy atom. The maximum Gasteiger partial charge on any atom is -0.0357 e. The number of hydrogen-bond acceptors (Lipinski definition) is 0. The Morgan fingerprint density at radius 3 is 1.94 bits per heavy atom. The van der Waals surface area contributed by atoms with Crippen molar-refractivity contribution in [3.05, 3.63) is 0 Å². The monoisotopic (exact) mass is 240 g/mol. The van der Waals surface area contributed by atoms with Crippen molar-refractivity contribution in [1.29, 1.82) is 0 Å². The number of rotatable bonds is 10. The lowest BCUT2D eigenvalue weighted by molar-refractivity contribution is 0.288. The van der Waals surface area contributed by atoms with E-state index in [0.29, 0.717) is 5.41 Å². The van der Waals surface area contributed by atoms with Crippen LogP contribution >= 0.6 is 0 Å². The van der Waals surface area contributed by atoms with Gasteiger partial charge in [-0.25, -0.2) is 0 Å². The summed E-state index contributed by atoms with van der Waals surface area (Å²) in [7, 11) is 0. The maximum atomic E-state index is 2.41. The van der Waals surface area contributed by atoms with Crippen LogP contribution in [0.3, 0.4) is 0 Å². The van der Waals surface area contributed by atoms with Crippen LogP contribution in [0.15, 0.2) is 0 Å². The van der Waals surface area contributed by atoms with E-state index in [2.05, 4.69) is 41.5 Å². The molecule has 0 N–H and O–H groups in total. The van der Waals surface area contributed by atoms with Gasteiger partial charge >= 0.3 is 0 Å². The first-order valence-corrected chi connectivity index (χ1v) is 7.91. The highest BCUT2D eigenvalue weighted by molar-refractivity contribution is 4.68. The topological polar surface area (TPSA) is 0 Å². The molecule has 0 spiro atoms. The molecule has 0 aliphatic rings. The highest BCUT2D eigenvalue weighted by Gasteiger charge is 2.15. The molecular weight excluding hydrogens is 204 g/mol. The minimum Gasteiger partial charge on any atom is -0.0651 e. The third kappa shape index (κ3) is 9.68. The molecule has 0 aliphatic heterocycles. The van der Waals surface area contributed by atoms with Crippen LogP contribution in [0.4, 0.5) is 0 Å². The summed E-state index contributed by atoms with van der Waals surface area (Å²) in [5.74, 6) is 1.87. The third-order valence-corrected chi connectivity index (χ3v) is 4.39. The summed E-state index contributed by atoms with van der Waals surface area (Å²) in [6.45, 7) is 14.2. The molecule has 1 unspecified atom stereocenters. The van der Waals surface area contributed by atoms with Crippen molar-refractivity contribution in [1.82, 2.24) is 0 Å². The van der Waals surface area contributed by atoms with Crippen molar-refractivity contribution in [2.24, 2.45) is 17.3 Å². The van der Waals surface area contributed by atoms with E-state index >= 15 is 0 Å². The summed E-state index contributed by atoms with van der Waals surface area (Å²) in [6, 6.07) is 0. The van der Waals surface area contributed by atoms with E-state index in [4.69, 9.17) is 0 Å². The molecular formula is C17H36. The molecule has 0 fully saturated rings. The first kappa shape index (κ1) is 17.0. The largest absolute Gasteiger partial charge is 0.0651 e. The van der Waals surface area contributed by atoms with Crippen LogP contribution < -0.4 is 0 Å². The van der Waals surface area contributed by atoms with E-state index in [1.807, 2.05) is 0 Å². The minimum absolute atomic E-state index is 0.566. The van der Waals surface area contributed by atoms with Crippen molar-refractivity contribution in [2.75, 3.05) is 0 Å². The first-order chi connectivity index (χ1) is 7.91. The molecule has 0 saturated carbocycles. The zero-order valence-electron chi connectivity index (χ0n) is 13.3. The molecule has 0 aromatic carbocycles. The van der Waals surface area contributed by atoms with Crippen LogP contribution in [-0.2, 0) is 0 Å². The molecule has 0 heteroatoms. The van der Waals surface area contributed by atoms with Crippen molar-refractivity contribution in [3.63, 3.8) is 0 Å². The lowest BCUT2D eigenvalue weighted by Gasteiger charge is -2.24. The Hall–Kier alpha value is 0. The zero-order valence-corrected chi connectivity index (χ0v) is 13.3. The van der Waals surface area contributed by atoms with E-state index in [1.165, 1.54) is 51.4 Å². The highest BCUT2D eigenvalue weighted by Crippen LogP contribution is 2.29. The molecule has 0 radical (unpaired) electrons. The second-order valence-corrected chi connectivity index (χ2v) is 7.01. The summed E-state index contributed by atoms with van der Waals surface area (Å²) in [6.07, 6.45) is 11.3. The molecule has 0 amide bonds. The summed E-state index contributed by atoms with van der Waals surface area (Å²) in [4.78, 5) is 0. The Kier molecular flexibility index (Phi) is 9.00. The third-order valence-electron chi connectivity index (χ3n) is 4.39. The van der Waals surface area contributed by atoms with Crippen molar-refractivity contribution >= 4 is 0 Å². The summed E-state index contributed by atoms with van der Waals surface area (Å²) >= 11 is 0. The van der Waals surface area contributed by atoms with E-state index < -0.39 is 0 Å². The lowest BCUT2D eigenvalue weighted by atomic mass is 9.82. The van der Waals surface area contributed by atoms with E-state index in [-0.39, 0.29) is 0 Å². The van der Waals surface area contributed by atoms with Crippen molar-refractivity contribution in [3.8, 4) is 0 Å². The van der Waals surface area contributed by atoms with Crippen LogP contribution in [0.1, 0.15) is 92.9 Å². The summed E-state index contributed by atoms with van der Waals surface area (Å²) in [5.41, 5.74) is 0.566. The molecule has 104 valence electrons. The molecule has 0 heterocycles. The quantitative estimate of drug-likeness (QED) is 0.412. The normalized spacial score (nSPS) is 14.3. The fourth-order valence-corrected chi connectivity index (χ4v) is 2.41. The Labute approximate surface area is 111 Å². The fraction of sp³-hybridized carbons (Fsp3) is 1.00. The Morgan fingerprint density at radius 1 is 0.882 bits per heavy atom. The van der Waals surface area contributed by atoms with Gasteiger partial charge in [-0.3, -0.25) is 0 Å². The molecule has 0 aliphatic carbocycles. The van der Waals surface area contributed by atoms with E-state index in [0.717, 1.165) is 11.8 Å². The molecule has 0 nitrogen and oxygen atoms in total. The van der Waals surface area contributed by atoms with Gasteiger partial charge in [-0.15, -0.1) is 0 Å². The average molecular weight is 240 g/mol. The standard InChI is InChI=1S/C17H36/c1-7-16(12-9-11-15(3)4)13-10-14-17(5,6)8-2/h15-16H,7-14H2,1-6H3. The smallest absolute Gasteiger partial charge is 0.0357 e. The Balaban J connectivity index is 3.68. The fourth-order valence-electron chi connectivity index (χ4n) is 2.41. The van der Waals surface area contributed by atoms with Crippen LogP contribution in [0.25, 0.3) is 0 Å². The van der Waals surface area contributed by atoms with Gasteiger partial charge in [0.1, 0.15) is 0 Å². The van der Waals surface area contributed by atoms with Crippen LogP contribution in [0, 0.1) is 17.3 Å². The lowest BCUT2D eigenvalue weighted by Crippen LogP contribution is -2.10. The predicted octanol–water partition coefficient (Wildman–Crippen LogP) is 6.45. The molecule has 17 heavy (non-hydrogen) atoms. The highest BCUT2D eigenvalue weighted by atomic mass is 14.2. The second kappa shape index (κ2) is 9.00. The van der Waals surface area contributed by atoms with E-state index in [1.54, 1.807) is 0 Å². The van der Waals surface area contributed by atoms with Crippen LogP contribution in [0.5, 0.6) is 0 Å². The van der Waals surface area contributed by atoms with Gasteiger partial charge in [-0.05, 0) is 23.7 Å². The van der Waals surface area contributed by atoms with Crippen LogP contribution in [-0.4, -0.2) is 0 Å².